The van der Waals surface area contributed by atoms with Crippen LogP contribution in [0.25, 0.3) is 0 Å². The molecule has 0 spiro atoms. The summed E-state index contributed by atoms with van der Waals surface area (Å²) in [6, 6.07) is 5.62. The van der Waals surface area contributed by atoms with Crippen LogP contribution >= 0.6 is 11.8 Å². The number of thioether (sulfide) groups is 1. The number of imide groups is 1. The first-order valence-corrected chi connectivity index (χ1v) is 6.48. The Kier molecular flexibility index (Phi) is 4.04. The third-order valence-corrected chi connectivity index (χ3v) is 3.53. The number of amides is 3. The normalized spacial score (nSPS) is 17.7. The first-order valence-electron chi connectivity index (χ1n) is 5.60. The summed E-state index contributed by atoms with van der Waals surface area (Å²) in [5.41, 5.74) is 0.536. The van der Waals surface area contributed by atoms with Gasteiger partial charge in [-0.15, -0.1) is 0 Å². The van der Waals surface area contributed by atoms with E-state index in [0.717, 1.165) is 11.8 Å². The second-order valence-electron chi connectivity index (χ2n) is 4.02. The fourth-order valence-corrected chi connectivity index (χ4v) is 2.42. The number of aromatic carboxylic acids is 1. The monoisotopic (exact) mass is 294 g/mol. The molecule has 1 saturated heterocycles. The molecule has 2 rings (SSSR count). The Labute approximate surface area is 117 Å². The average molecular weight is 294 g/mol. The van der Waals surface area contributed by atoms with Crippen LogP contribution in [0.5, 0.6) is 0 Å². The first-order chi connectivity index (χ1) is 9.45. The van der Waals surface area contributed by atoms with E-state index in [4.69, 9.17) is 5.11 Å². The number of hydrogen-bond acceptors (Lipinski definition) is 5. The first kappa shape index (κ1) is 14.1. The van der Waals surface area contributed by atoms with Crippen molar-refractivity contribution in [1.82, 2.24) is 5.32 Å². The molecule has 1 aliphatic heterocycles. The number of carbonyl (C=O) groups is 4. The summed E-state index contributed by atoms with van der Waals surface area (Å²) < 4.78 is 0. The van der Waals surface area contributed by atoms with Crippen LogP contribution in [0.1, 0.15) is 16.8 Å². The summed E-state index contributed by atoms with van der Waals surface area (Å²) in [4.78, 5) is 44.6. The number of benzene rings is 1. The number of rotatable bonds is 4. The predicted molar refractivity (Wildman–Crippen MR) is 71.6 cm³/mol. The molecule has 0 aromatic heterocycles. The highest BCUT2D eigenvalue weighted by molar-refractivity contribution is 8.15. The topological polar surface area (TPSA) is 113 Å². The fourth-order valence-electron chi connectivity index (χ4n) is 1.60. The van der Waals surface area contributed by atoms with E-state index in [1.165, 1.54) is 24.3 Å². The van der Waals surface area contributed by atoms with Gasteiger partial charge in [-0.2, -0.15) is 0 Å². The van der Waals surface area contributed by atoms with Crippen molar-refractivity contribution in [2.24, 2.45) is 0 Å². The maximum absolute atomic E-state index is 11.7. The van der Waals surface area contributed by atoms with Crippen molar-refractivity contribution >= 4 is 40.5 Å². The quantitative estimate of drug-likeness (QED) is 0.765. The number of anilines is 1. The van der Waals surface area contributed by atoms with Crippen LogP contribution in [-0.2, 0) is 9.59 Å². The molecule has 0 bridgehead atoms. The van der Waals surface area contributed by atoms with Gasteiger partial charge in [0.05, 0.1) is 5.56 Å². The van der Waals surface area contributed by atoms with Crippen LogP contribution in [0.15, 0.2) is 24.3 Å². The van der Waals surface area contributed by atoms with Crippen molar-refractivity contribution in [2.45, 2.75) is 11.7 Å². The Balaban J connectivity index is 1.93. The van der Waals surface area contributed by atoms with Crippen LogP contribution in [0.3, 0.4) is 0 Å². The Hall–Kier alpha value is -2.35. The number of nitrogens with one attached hydrogen (secondary N) is 2. The van der Waals surface area contributed by atoms with E-state index in [-0.39, 0.29) is 12.0 Å². The van der Waals surface area contributed by atoms with Crippen LogP contribution in [0.4, 0.5) is 10.5 Å². The molecule has 3 N–H and O–H groups in total. The summed E-state index contributed by atoms with van der Waals surface area (Å²) in [6.07, 6.45) is -0.122. The SMILES string of the molecule is O=C(CC1SC(=O)NC1=O)Nc1ccc(C(=O)O)cc1. The van der Waals surface area contributed by atoms with Gasteiger partial charge in [0.15, 0.2) is 0 Å². The molecular weight excluding hydrogens is 284 g/mol. The van der Waals surface area contributed by atoms with Crippen molar-refractivity contribution in [1.29, 1.82) is 0 Å². The van der Waals surface area contributed by atoms with Crippen LogP contribution < -0.4 is 10.6 Å². The predicted octanol–water partition coefficient (Wildman–Crippen LogP) is 1.06. The molecule has 1 unspecified atom stereocenters. The Bertz CT molecular complexity index is 584. The van der Waals surface area contributed by atoms with E-state index >= 15 is 0 Å². The molecule has 3 amide bonds. The molecular formula is C12H10N2O5S. The second-order valence-corrected chi connectivity index (χ2v) is 5.19. The maximum Gasteiger partial charge on any atom is 0.335 e. The molecule has 0 saturated carbocycles. The van der Waals surface area contributed by atoms with E-state index in [2.05, 4.69) is 10.6 Å². The van der Waals surface area contributed by atoms with Gasteiger partial charge in [0.25, 0.3) is 5.24 Å². The van der Waals surface area contributed by atoms with Gasteiger partial charge in [-0.05, 0) is 24.3 Å². The molecule has 7 nitrogen and oxygen atoms in total. The van der Waals surface area contributed by atoms with Gasteiger partial charge in [-0.3, -0.25) is 19.7 Å². The van der Waals surface area contributed by atoms with Crippen LogP contribution in [0.2, 0.25) is 0 Å². The average Bonchev–Trinajstić information content (AvgIpc) is 2.68. The minimum atomic E-state index is -1.06. The molecule has 0 radical (unpaired) electrons. The molecule has 0 aliphatic carbocycles. The summed E-state index contributed by atoms with van der Waals surface area (Å²) in [5, 5.41) is 12.2. The van der Waals surface area contributed by atoms with Crippen molar-refractivity contribution in [3.8, 4) is 0 Å². The lowest BCUT2D eigenvalue weighted by atomic mass is 10.2. The number of hydrogen-bond donors (Lipinski definition) is 3. The van der Waals surface area contributed by atoms with Crippen molar-refractivity contribution < 1.29 is 24.3 Å². The highest BCUT2D eigenvalue weighted by Gasteiger charge is 2.33. The van der Waals surface area contributed by atoms with Gasteiger partial charge in [-0.1, -0.05) is 11.8 Å². The zero-order chi connectivity index (χ0) is 14.7. The zero-order valence-corrected chi connectivity index (χ0v) is 10.9. The van der Waals surface area contributed by atoms with Gasteiger partial charge in [0.2, 0.25) is 11.8 Å². The Morgan fingerprint density at radius 3 is 2.40 bits per heavy atom. The highest BCUT2D eigenvalue weighted by atomic mass is 32.2. The van der Waals surface area contributed by atoms with Gasteiger partial charge in [0, 0.05) is 12.1 Å². The van der Waals surface area contributed by atoms with Gasteiger partial charge in [-0.25, -0.2) is 4.79 Å². The molecule has 8 heteroatoms. The van der Waals surface area contributed by atoms with Crippen molar-refractivity contribution in [2.75, 3.05) is 5.32 Å². The van der Waals surface area contributed by atoms with Crippen molar-refractivity contribution in [3.05, 3.63) is 29.8 Å². The largest absolute Gasteiger partial charge is 0.478 e. The fraction of sp³-hybridized carbons (Fsp3) is 0.167. The molecule has 20 heavy (non-hydrogen) atoms. The third kappa shape index (κ3) is 3.35. The molecule has 1 aromatic rings. The third-order valence-electron chi connectivity index (χ3n) is 2.55. The number of carbonyl (C=O) groups excluding carboxylic acids is 3. The lowest BCUT2D eigenvalue weighted by Crippen LogP contribution is -2.27. The van der Waals surface area contributed by atoms with E-state index < -0.39 is 28.3 Å². The van der Waals surface area contributed by atoms with E-state index in [1.54, 1.807) is 0 Å². The van der Waals surface area contributed by atoms with E-state index in [1.807, 2.05) is 0 Å². The van der Waals surface area contributed by atoms with E-state index in [9.17, 15) is 19.2 Å². The zero-order valence-electron chi connectivity index (χ0n) is 10.1. The molecule has 1 fully saturated rings. The van der Waals surface area contributed by atoms with Crippen LogP contribution in [0, 0.1) is 0 Å². The summed E-state index contributed by atoms with van der Waals surface area (Å²) in [7, 11) is 0. The second kappa shape index (κ2) is 5.74. The molecule has 1 heterocycles. The van der Waals surface area contributed by atoms with E-state index in [0.29, 0.717) is 5.69 Å². The van der Waals surface area contributed by atoms with Gasteiger partial charge >= 0.3 is 5.97 Å². The van der Waals surface area contributed by atoms with Crippen molar-refractivity contribution in [3.63, 3.8) is 0 Å². The van der Waals surface area contributed by atoms with Gasteiger partial charge in [0.1, 0.15) is 5.25 Å². The molecule has 1 aromatic carbocycles. The molecule has 104 valence electrons. The maximum atomic E-state index is 11.7. The van der Waals surface area contributed by atoms with Crippen LogP contribution in [-0.4, -0.2) is 33.4 Å². The standard InChI is InChI=1S/C12H10N2O5S/c15-9(5-8-10(16)14-12(19)20-8)13-7-3-1-6(2-4-7)11(17)18/h1-4,8H,5H2,(H,13,15)(H,17,18)(H,14,16,19). The molecule has 1 aliphatic rings. The lowest BCUT2D eigenvalue weighted by Gasteiger charge is -2.07. The van der Waals surface area contributed by atoms with Gasteiger partial charge < -0.3 is 10.4 Å². The Morgan fingerprint density at radius 1 is 1.25 bits per heavy atom. The summed E-state index contributed by atoms with van der Waals surface area (Å²) in [5.74, 6) is -1.95. The number of carboxylic acids is 1. The summed E-state index contributed by atoms with van der Waals surface area (Å²) in [6.45, 7) is 0. The lowest BCUT2D eigenvalue weighted by molar-refractivity contribution is -0.122. The minimum Gasteiger partial charge on any atom is -0.478 e. The minimum absolute atomic E-state index is 0.110. The highest BCUT2D eigenvalue weighted by Crippen LogP contribution is 2.22. The Morgan fingerprint density at radius 2 is 1.90 bits per heavy atom. The summed E-state index contributed by atoms with van der Waals surface area (Å²) >= 11 is 0.781. The smallest absolute Gasteiger partial charge is 0.335 e. The molecule has 1 atom stereocenters. The number of carboxylic acid groups (broad SMARTS) is 1.